The first kappa shape index (κ1) is 24.6. The summed E-state index contributed by atoms with van der Waals surface area (Å²) in [5.41, 5.74) is 0.523. The number of imidazole rings is 1. The van der Waals surface area contributed by atoms with Crippen LogP contribution in [0, 0.1) is 4.91 Å². The van der Waals surface area contributed by atoms with Gasteiger partial charge in [-0.15, -0.1) is 4.91 Å². The van der Waals surface area contributed by atoms with E-state index in [-0.39, 0.29) is 30.9 Å². The molecule has 2 saturated heterocycles. The Morgan fingerprint density at radius 2 is 1.87 bits per heavy atom. The summed E-state index contributed by atoms with van der Waals surface area (Å²) in [6.45, 7) is 2.51. The third-order valence-corrected chi connectivity index (χ3v) is 7.89. The predicted octanol–water partition coefficient (Wildman–Crippen LogP) is 3.86. The summed E-state index contributed by atoms with van der Waals surface area (Å²) in [5, 5.41) is 2.83. The molecule has 0 saturated carbocycles. The molecule has 1 amide bonds. The minimum Gasteiger partial charge on any atom is -0.471 e. The Morgan fingerprint density at radius 1 is 1.08 bits per heavy atom. The fourth-order valence-corrected chi connectivity index (χ4v) is 5.82. The molecule has 0 spiro atoms. The minimum atomic E-state index is -1.85. The van der Waals surface area contributed by atoms with E-state index in [9.17, 15) is 9.70 Å². The molecular weight excluding hydrogens is 489 g/mol. The van der Waals surface area contributed by atoms with Crippen LogP contribution in [-0.2, 0) is 9.53 Å². The molecule has 3 aliphatic rings. The lowest BCUT2D eigenvalue weighted by Crippen LogP contribution is -2.54. The van der Waals surface area contributed by atoms with Crippen LogP contribution < -0.4 is 0 Å². The maximum Gasteiger partial charge on any atom is 0.260 e. The van der Waals surface area contributed by atoms with Gasteiger partial charge >= 0.3 is 0 Å². The zero-order chi connectivity index (χ0) is 26.1. The van der Waals surface area contributed by atoms with E-state index in [0.717, 1.165) is 22.7 Å². The van der Waals surface area contributed by atoms with E-state index in [0.29, 0.717) is 52.0 Å². The monoisotopic (exact) mass is 519 g/mol. The van der Waals surface area contributed by atoms with Gasteiger partial charge in [0, 0.05) is 75.6 Å². The average Bonchev–Trinajstić information content (AvgIpc) is 3.59. The van der Waals surface area contributed by atoms with Crippen molar-refractivity contribution in [3.63, 3.8) is 0 Å². The van der Waals surface area contributed by atoms with E-state index in [2.05, 4.69) is 24.6 Å². The maximum absolute atomic E-state index is 15.9. The van der Waals surface area contributed by atoms with E-state index in [1.807, 2.05) is 30.3 Å². The fourth-order valence-electron chi connectivity index (χ4n) is 5.82. The van der Waals surface area contributed by atoms with Gasteiger partial charge in [-0.1, -0.05) is 6.07 Å². The molecule has 3 aliphatic heterocycles. The van der Waals surface area contributed by atoms with E-state index >= 15 is 4.39 Å². The summed E-state index contributed by atoms with van der Waals surface area (Å²) in [7, 11) is 0. The Labute approximate surface area is 219 Å². The summed E-state index contributed by atoms with van der Waals surface area (Å²) in [5.74, 6) is 0.480. The largest absolute Gasteiger partial charge is 0.471 e. The molecule has 6 rings (SSSR count). The molecule has 198 valence electrons. The Morgan fingerprint density at radius 3 is 2.58 bits per heavy atom. The van der Waals surface area contributed by atoms with Gasteiger partial charge in [-0.05, 0) is 43.2 Å². The molecule has 1 atom stereocenters. The number of alkyl halides is 1. The summed E-state index contributed by atoms with van der Waals surface area (Å²) >= 11 is 0. The molecule has 3 aromatic heterocycles. The lowest BCUT2D eigenvalue weighted by molar-refractivity contribution is -0.149. The zero-order valence-electron chi connectivity index (χ0n) is 21.1. The molecule has 2 fully saturated rings. The second kappa shape index (κ2) is 10.2. The number of piperidine rings is 2. The number of pyridine rings is 2. The van der Waals surface area contributed by atoms with Crippen molar-refractivity contribution in [1.29, 1.82) is 0 Å². The number of aromatic nitrogens is 4. The number of nitroso groups, excluding NO2 is 1. The smallest absolute Gasteiger partial charge is 0.260 e. The summed E-state index contributed by atoms with van der Waals surface area (Å²) in [6.07, 6.45) is 7.35. The van der Waals surface area contributed by atoms with Crippen LogP contribution in [0.25, 0.3) is 22.7 Å². The van der Waals surface area contributed by atoms with Crippen molar-refractivity contribution in [2.45, 2.75) is 49.9 Å². The van der Waals surface area contributed by atoms with Crippen LogP contribution >= 0.6 is 0 Å². The van der Waals surface area contributed by atoms with Gasteiger partial charge in [-0.25, -0.2) is 14.4 Å². The van der Waals surface area contributed by atoms with Gasteiger partial charge < -0.3 is 14.2 Å². The van der Waals surface area contributed by atoms with Crippen LogP contribution in [0.5, 0.6) is 0 Å². The number of nitrogens with zero attached hydrogens (tertiary/aromatic N) is 7. The van der Waals surface area contributed by atoms with Crippen molar-refractivity contribution in [3.05, 3.63) is 59.6 Å². The average molecular weight is 520 g/mol. The number of likely N-dealkylation sites (tertiary alicyclic amines) is 2. The van der Waals surface area contributed by atoms with Crippen LogP contribution in [0.4, 0.5) is 4.39 Å². The second-order valence-corrected chi connectivity index (χ2v) is 10.3. The normalized spacial score (nSPS) is 22.3. The molecular formula is C27H30FN7O3. The van der Waals surface area contributed by atoms with Crippen LogP contribution in [0.3, 0.4) is 0 Å². The highest BCUT2D eigenvalue weighted by atomic mass is 19.1. The number of hydrogen-bond donors (Lipinski definition) is 0. The van der Waals surface area contributed by atoms with Crippen molar-refractivity contribution >= 4 is 17.1 Å². The number of amides is 1. The zero-order valence-corrected chi connectivity index (χ0v) is 21.1. The second-order valence-electron chi connectivity index (χ2n) is 10.3. The number of carbonyl (C=O) groups is 1. The fraction of sp³-hybridized carbons (Fsp3) is 0.481. The molecule has 0 aromatic carbocycles. The third kappa shape index (κ3) is 4.66. The number of halogens is 1. The quantitative estimate of drug-likeness (QED) is 0.456. The standard InChI is InChI=1S/C27H30FN7O3/c28-27(10-16-33(17-11-27)18-20-6-7-23(32-37)38-20)26(36)34-14-8-19(9-15-34)35-24-22(5-3-13-30-24)31-25(35)21-4-1-2-12-29-21/h1-5,7,12-13,19-20H,6,8-11,14-18H2. The summed E-state index contributed by atoms with van der Waals surface area (Å²) in [4.78, 5) is 41.6. The number of fused-ring (bicyclic) bond motifs is 1. The van der Waals surface area contributed by atoms with Gasteiger partial charge in [0.15, 0.2) is 17.1 Å². The van der Waals surface area contributed by atoms with Gasteiger partial charge in [0.05, 0.1) is 0 Å². The van der Waals surface area contributed by atoms with Gasteiger partial charge in [0.25, 0.3) is 11.8 Å². The first-order chi connectivity index (χ1) is 18.5. The van der Waals surface area contributed by atoms with Crippen LogP contribution in [0.2, 0.25) is 0 Å². The van der Waals surface area contributed by atoms with Gasteiger partial charge in [-0.3, -0.25) is 14.7 Å². The highest BCUT2D eigenvalue weighted by Gasteiger charge is 2.45. The molecule has 0 radical (unpaired) electrons. The summed E-state index contributed by atoms with van der Waals surface area (Å²) < 4.78 is 23.5. The van der Waals surface area contributed by atoms with E-state index in [4.69, 9.17) is 9.72 Å². The van der Waals surface area contributed by atoms with Crippen LogP contribution in [0.1, 0.15) is 38.1 Å². The summed E-state index contributed by atoms with van der Waals surface area (Å²) in [6, 6.07) is 9.63. The molecule has 10 nitrogen and oxygen atoms in total. The molecule has 1 unspecified atom stereocenters. The predicted molar refractivity (Wildman–Crippen MR) is 138 cm³/mol. The van der Waals surface area contributed by atoms with E-state index in [1.54, 1.807) is 23.4 Å². The highest BCUT2D eigenvalue weighted by molar-refractivity contribution is 5.85. The SMILES string of the molecule is O=NC1=CCC(CN2CCC(F)(C(=O)N3CCC(n4c(-c5ccccn5)nc5cccnc54)CC3)CC2)O1. The Hall–Kier alpha value is -3.73. The van der Waals surface area contributed by atoms with Crippen molar-refractivity contribution in [2.75, 3.05) is 32.7 Å². The van der Waals surface area contributed by atoms with E-state index < -0.39 is 11.6 Å². The number of rotatable bonds is 6. The molecule has 0 bridgehead atoms. The Kier molecular flexibility index (Phi) is 6.61. The molecule has 0 N–H and O–H groups in total. The lowest BCUT2D eigenvalue weighted by Gasteiger charge is -2.41. The first-order valence-corrected chi connectivity index (χ1v) is 13.2. The van der Waals surface area contributed by atoms with Gasteiger partial charge in [-0.2, -0.15) is 0 Å². The Balaban J connectivity index is 1.09. The number of hydrogen-bond acceptors (Lipinski definition) is 8. The van der Waals surface area contributed by atoms with Crippen molar-refractivity contribution in [2.24, 2.45) is 5.18 Å². The molecule has 11 heteroatoms. The first-order valence-electron chi connectivity index (χ1n) is 13.2. The van der Waals surface area contributed by atoms with Crippen LogP contribution in [-0.4, -0.2) is 79.7 Å². The van der Waals surface area contributed by atoms with Gasteiger partial charge in [0.2, 0.25) is 0 Å². The lowest BCUT2D eigenvalue weighted by atomic mass is 9.90. The van der Waals surface area contributed by atoms with Crippen molar-refractivity contribution in [3.8, 4) is 11.5 Å². The maximum atomic E-state index is 15.9. The number of carbonyl (C=O) groups excluding carboxylic acids is 1. The highest BCUT2D eigenvalue weighted by Crippen LogP contribution is 2.35. The number of ether oxygens (including phenoxy) is 1. The minimum absolute atomic E-state index is 0.0825. The third-order valence-electron chi connectivity index (χ3n) is 7.89. The molecule has 38 heavy (non-hydrogen) atoms. The Bertz CT molecular complexity index is 1350. The van der Waals surface area contributed by atoms with Crippen molar-refractivity contribution < 1.29 is 13.9 Å². The topological polar surface area (TPSA) is 106 Å². The van der Waals surface area contributed by atoms with Gasteiger partial charge in [0.1, 0.15) is 17.3 Å². The van der Waals surface area contributed by atoms with Crippen LogP contribution in [0.15, 0.2) is 59.9 Å². The van der Waals surface area contributed by atoms with Crippen molar-refractivity contribution in [1.82, 2.24) is 29.3 Å². The van der Waals surface area contributed by atoms with E-state index in [1.165, 1.54) is 0 Å². The molecule has 6 heterocycles. The molecule has 0 aliphatic carbocycles. The molecule has 3 aromatic rings.